The van der Waals surface area contributed by atoms with Crippen LogP contribution in [0.2, 0.25) is 0 Å². The zero-order valence-corrected chi connectivity index (χ0v) is 5.70. The minimum atomic E-state index is 0. The Labute approximate surface area is 48.5 Å². The summed E-state index contributed by atoms with van der Waals surface area (Å²) in [5, 5.41) is 0. The Hall–Kier alpha value is 1.06. The Morgan fingerprint density at radius 2 is 1.25 bits per heavy atom. The van der Waals surface area contributed by atoms with Gasteiger partial charge >= 0.3 is 23.2 Å². The summed E-state index contributed by atoms with van der Waals surface area (Å²) in [4.78, 5) is 0. The second-order valence-corrected chi connectivity index (χ2v) is 0. The molecule has 0 heterocycles. The van der Waals surface area contributed by atoms with Crippen LogP contribution < -0.4 is 0 Å². The van der Waals surface area contributed by atoms with Gasteiger partial charge in [-0.25, -0.2) is 0 Å². The van der Waals surface area contributed by atoms with Crippen LogP contribution in [0.3, 0.4) is 0 Å². The fourth-order valence-corrected chi connectivity index (χ4v) is 0. The quantitative estimate of drug-likeness (QED) is 0.542. The van der Waals surface area contributed by atoms with E-state index in [2.05, 4.69) is 0 Å². The van der Waals surface area contributed by atoms with Gasteiger partial charge in [0.25, 0.3) is 0 Å². The molecule has 0 aliphatic rings. The first-order chi connectivity index (χ1) is 1.00. The molecule has 0 unspecified atom stereocenters. The van der Waals surface area contributed by atoms with Crippen LogP contribution in [0.15, 0.2) is 0 Å². The fraction of sp³-hybridized carbons (Fsp3) is 0. The number of hydrogen-bond donors (Lipinski definition) is 0. The molecule has 4 heavy (non-hydrogen) atoms. The van der Waals surface area contributed by atoms with Crippen molar-refractivity contribution in [2.24, 2.45) is 0 Å². The molecule has 0 atom stereocenters. The minimum absolute atomic E-state index is 0. The van der Waals surface area contributed by atoms with Gasteiger partial charge in [0.1, 0.15) is 0 Å². The molecule has 0 aromatic rings. The van der Waals surface area contributed by atoms with Crippen LogP contribution in [0.25, 0.3) is 0 Å². The SMILES string of the molecule is [B].[Co].[O]=[W]. The van der Waals surface area contributed by atoms with E-state index in [0.717, 1.165) is 0 Å². The Balaban J connectivity index is -0.00000000500. The van der Waals surface area contributed by atoms with E-state index >= 15 is 0 Å². The summed E-state index contributed by atoms with van der Waals surface area (Å²) in [6.45, 7) is 0. The van der Waals surface area contributed by atoms with Gasteiger partial charge in [-0.15, -0.1) is 0 Å². The molecule has 0 bridgehead atoms. The number of hydrogen-bond acceptors (Lipinski definition) is 1. The molecule has 0 aliphatic heterocycles. The Kier molecular flexibility index (Phi) is 166. The van der Waals surface area contributed by atoms with Gasteiger partial charge in [-0.1, -0.05) is 0 Å². The average molecular weight is 270 g/mol. The molecule has 0 fully saturated rings. The predicted molar refractivity (Wildman–Crippen MR) is 6.44 cm³/mol. The van der Waals surface area contributed by atoms with Gasteiger partial charge in [0.2, 0.25) is 0 Å². The van der Waals surface area contributed by atoms with Crippen LogP contribution in [-0.2, 0) is 40.0 Å². The summed E-state index contributed by atoms with van der Waals surface area (Å²) in [6, 6.07) is 0. The third kappa shape index (κ3) is 11.6. The fourth-order valence-electron chi connectivity index (χ4n) is 0. The van der Waals surface area contributed by atoms with Crippen LogP contribution >= 0.6 is 0 Å². The normalized spacial score (nSPS) is 1.00. The van der Waals surface area contributed by atoms with E-state index in [1.54, 1.807) is 0 Å². The third-order valence-corrected chi connectivity index (χ3v) is 0. The van der Waals surface area contributed by atoms with Gasteiger partial charge in [0, 0.05) is 25.2 Å². The van der Waals surface area contributed by atoms with Gasteiger partial charge < -0.3 is 0 Å². The van der Waals surface area contributed by atoms with Crippen molar-refractivity contribution in [3.05, 3.63) is 0 Å². The molecule has 0 aromatic heterocycles. The van der Waals surface area contributed by atoms with Gasteiger partial charge in [0.15, 0.2) is 0 Å². The Morgan fingerprint density at radius 1 is 1.25 bits per heavy atom. The summed E-state index contributed by atoms with van der Waals surface area (Å²) >= 11 is 0.333. The molecule has 1 nitrogen and oxygen atoms in total. The molecular weight excluding hydrogens is 270 g/mol. The first kappa shape index (κ1) is 19.7. The maximum atomic E-state index is 8.33. The van der Waals surface area contributed by atoms with Crippen LogP contribution in [0.5, 0.6) is 0 Å². The molecule has 0 rings (SSSR count). The van der Waals surface area contributed by atoms with Crippen molar-refractivity contribution >= 4 is 8.41 Å². The van der Waals surface area contributed by atoms with E-state index in [9.17, 15) is 0 Å². The van der Waals surface area contributed by atoms with E-state index in [1.165, 1.54) is 0 Å². The summed E-state index contributed by atoms with van der Waals surface area (Å²) < 4.78 is 8.33. The van der Waals surface area contributed by atoms with Crippen molar-refractivity contribution in [2.75, 3.05) is 0 Å². The summed E-state index contributed by atoms with van der Waals surface area (Å²) in [5.41, 5.74) is 0. The second-order valence-electron chi connectivity index (χ2n) is 0. The zero-order chi connectivity index (χ0) is 2.00. The van der Waals surface area contributed by atoms with Crippen molar-refractivity contribution in [3.8, 4) is 0 Å². The summed E-state index contributed by atoms with van der Waals surface area (Å²) in [7, 11) is 0. The van der Waals surface area contributed by atoms with Gasteiger partial charge in [0.05, 0.1) is 0 Å². The molecule has 0 aromatic carbocycles. The Bertz CT molecular complexity index is 8.00. The standard InChI is InChI=1S/B.Co.O.W. The molecule has 0 saturated heterocycles. The van der Waals surface area contributed by atoms with E-state index < -0.39 is 0 Å². The van der Waals surface area contributed by atoms with Crippen LogP contribution in [0.1, 0.15) is 0 Å². The van der Waals surface area contributed by atoms with Crippen molar-refractivity contribution in [3.63, 3.8) is 0 Å². The second kappa shape index (κ2) is 33.8. The first-order valence-electron chi connectivity index (χ1n) is 0.167. The Morgan fingerprint density at radius 3 is 1.25 bits per heavy atom. The van der Waals surface area contributed by atoms with Crippen molar-refractivity contribution in [1.82, 2.24) is 0 Å². The number of rotatable bonds is 0. The van der Waals surface area contributed by atoms with Crippen LogP contribution in [-0.4, -0.2) is 8.41 Å². The van der Waals surface area contributed by atoms with E-state index in [-0.39, 0.29) is 25.2 Å². The summed E-state index contributed by atoms with van der Waals surface area (Å²) in [6.07, 6.45) is 0. The maximum absolute atomic E-state index is 8.33. The van der Waals surface area contributed by atoms with Gasteiger partial charge in [-0.3, -0.25) is 0 Å². The van der Waals surface area contributed by atoms with Gasteiger partial charge in [-0.05, 0) is 0 Å². The van der Waals surface area contributed by atoms with E-state index in [0.29, 0.717) is 19.8 Å². The topological polar surface area (TPSA) is 17.1 Å². The van der Waals surface area contributed by atoms with Crippen molar-refractivity contribution in [1.29, 1.82) is 0 Å². The molecule has 0 spiro atoms. The van der Waals surface area contributed by atoms with Crippen molar-refractivity contribution < 1.29 is 40.0 Å². The molecule has 24 valence electrons. The molecule has 0 N–H and O–H groups in total. The molecule has 4 radical (unpaired) electrons. The van der Waals surface area contributed by atoms with Gasteiger partial charge in [-0.2, -0.15) is 0 Å². The van der Waals surface area contributed by atoms with E-state index in [1.807, 2.05) is 0 Å². The summed E-state index contributed by atoms with van der Waals surface area (Å²) in [5.74, 6) is 0. The third-order valence-electron chi connectivity index (χ3n) is 0. The van der Waals surface area contributed by atoms with Crippen LogP contribution in [0.4, 0.5) is 0 Å². The van der Waals surface area contributed by atoms with Crippen LogP contribution in [0, 0.1) is 0 Å². The van der Waals surface area contributed by atoms with Crippen molar-refractivity contribution in [2.45, 2.75) is 0 Å². The monoisotopic (exact) mass is 270 g/mol. The molecular formula is BCoOW. The molecule has 0 saturated carbocycles. The average Bonchev–Trinajstić information content (AvgIpc) is 1.00. The molecule has 0 amide bonds. The van der Waals surface area contributed by atoms with E-state index in [4.69, 9.17) is 3.40 Å². The molecule has 4 heteroatoms. The predicted octanol–water partition coefficient (Wildman–Crippen LogP) is -0.505. The molecule has 0 aliphatic carbocycles. The first-order valence-corrected chi connectivity index (χ1v) is 1.36. The zero-order valence-electron chi connectivity index (χ0n) is 1.73.